The molecule has 2 aromatic rings. The molecule has 0 bridgehead atoms. The maximum Gasteiger partial charge on any atom is 0.216 e. The van der Waals surface area contributed by atoms with E-state index in [0.29, 0.717) is 6.54 Å². The number of rotatable bonds is 3. The van der Waals surface area contributed by atoms with Crippen LogP contribution in [0, 0.1) is 0 Å². The molecular formula is C11H11N3O. The average molecular weight is 201 g/mol. The van der Waals surface area contributed by atoms with Gasteiger partial charge in [0, 0.05) is 6.92 Å². The number of benzene rings is 1. The highest BCUT2D eigenvalue weighted by Crippen LogP contribution is 2.01. The fourth-order valence-electron chi connectivity index (χ4n) is 1.30. The van der Waals surface area contributed by atoms with Crippen molar-refractivity contribution in [2.75, 3.05) is 0 Å². The van der Waals surface area contributed by atoms with Gasteiger partial charge in [0.15, 0.2) is 5.78 Å². The molecule has 15 heavy (non-hydrogen) atoms. The number of hydrogen-bond acceptors (Lipinski definition) is 3. The molecule has 76 valence electrons. The maximum atomic E-state index is 11.0. The van der Waals surface area contributed by atoms with E-state index in [1.807, 2.05) is 30.3 Å². The van der Waals surface area contributed by atoms with Crippen molar-refractivity contribution in [2.24, 2.45) is 0 Å². The lowest BCUT2D eigenvalue weighted by Crippen LogP contribution is -2.02. The van der Waals surface area contributed by atoms with Gasteiger partial charge >= 0.3 is 0 Å². The second kappa shape index (κ2) is 4.04. The van der Waals surface area contributed by atoms with Crippen molar-refractivity contribution in [3.05, 3.63) is 48.0 Å². The monoisotopic (exact) mass is 201 g/mol. The van der Waals surface area contributed by atoms with E-state index >= 15 is 0 Å². The van der Waals surface area contributed by atoms with Crippen LogP contribution in [0.15, 0.2) is 36.7 Å². The summed E-state index contributed by atoms with van der Waals surface area (Å²) in [6.45, 7) is 2.10. The zero-order valence-corrected chi connectivity index (χ0v) is 8.42. The molecule has 0 atom stereocenters. The molecule has 0 aliphatic heterocycles. The second-order valence-corrected chi connectivity index (χ2v) is 3.31. The molecule has 0 amide bonds. The van der Waals surface area contributed by atoms with E-state index in [2.05, 4.69) is 10.1 Å². The summed E-state index contributed by atoms with van der Waals surface area (Å²) in [6.07, 6.45) is 1.57. The van der Waals surface area contributed by atoms with Crippen molar-refractivity contribution in [1.82, 2.24) is 14.8 Å². The van der Waals surface area contributed by atoms with Crippen LogP contribution in [0.3, 0.4) is 0 Å². The van der Waals surface area contributed by atoms with E-state index in [4.69, 9.17) is 0 Å². The van der Waals surface area contributed by atoms with Gasteiger partial charge in [0.05, 0.1) is 6.54 Å². The average Bonchev–Trinajstić information content (AvgIpc) is 2.68. The molecule has 0 aliphatic rings. The minimum atomic E-state index is -0.109. The molecule has 1 aromatic heterocycles. The Balaban J connectivity index is 2.15. The molecule has 2 rings (SSSR count). The summed E-state index contributed by atoms with van der Waals surface area (Å²) < 4.78 is 1.66. The minimum absolute atomic E-state index is 0.109. The Labute approximate surface area is 87.6 Å². The van der Waals surface area contributed by atoms with Gasteiger partial charge in [0.25, 0.3) is 0 Å². The predicted octanol–water partition coefficient (Wildman–Crippen LogP) is 1.53. The van der Waals surface area contributed by atoms with Gasteiger partial charge in [-0.2, -0.15) is 0 Å². The Morgan fingerprint density at radius 3 is 2.67 bits per heavy atom. The zero-order chi connectivity index (χ0) is 10.7. The number of hydrogen-bond donors (Lipinski definition) is 0. The summed E-state index contributed by atoms with van der Waals surface area (Å²) in [5.74, 6) is 0.160. The molecular weight excluding hydrogens is 190 g/mol. The van der Waals surface area contributed by atoms with E-state index in [1.165, 1.54) is 6.92 Å². The molecule has 0 N–H and O–H groups in total. The molecule has 0 spiro atoms. The highest BCUT2D eigenvalue weighted by molar-refractivity contribution is 5.89. The van der Waals surface area contributed by atoms with Gasteiger partial charge < -0.3 is 0 Å². The van der Waals surface area contributed by atoms with Crippen LogP contribution in [-0.2, 0) is 6.54 Å². The summed E-state index contributed by atoms with van der Waals surface area (Å²) in [7, 11) is 0. The van der Waals surface area contributed by atoms with Crippen molar-refractivity contribution in [2.45, 2.75) is 13.5 Å². The lowest BCUT2D eigenvalue weighted by atomic mass is 10.2. The van der Waals surface area contributed by atoms with Gasteiger partial charge in [0.1, 0.15) is 6.33 Å². The van der Waals surface area contributed by atoms with Gasteiger partial charge in [-0.1, -0.05) is 30.3 Å². The molecule has 4 heteroatoms. The predicted molar refractivity (Wildman–Crippen MR) is 55.6 cm³/mol. The molecule has 4 nitrogen and oxygen atoms in total. The Bertz CT molecular complexity index is 462. The van der Waals surface area contributed by atoms with Crippen LogP contribution in [-0.4, -0.2) is 20.5 Å². The molecule has 1 aromatic carbocycles. The molecule has 0 saturated heterocycles. The van der Waals surface area contributed by atoms with Gasteiger partial charge in [-0.15, -0.1) is 5.10 Å². The Kier molecular flexibility index (Phi) is 2.58. The lowest BCUT2D eigenvalue weighted by Gasteiger charge is -1.99. The molecule has 0 fully saturated rings. The third kappa shape index (κ3) is 2.28. The lowest BCUT2D eigenvalue weighted by molar-refractivity contribution is 0.100. The zero-order valence-electron chi connectivity index (χ0n) is 8.42. The Morgan fingerprint density at radius 2 is 2.07 bits per heavy atom. The van der Waals surface area contributed by atoms with Crippen molar-refractivity contribution >= 4 is 5.78 Å². The first-order valence-corrected chi connectivity index (χ1v) is 4.70. The van der Waals surface area contributed by atoms with Crippen LogP contribution in [0.4, 0.5) is 0 Å². The standard InChI is InChI=1S/C11H11N3O/c1-9(15)11-12-8-14(13-11)7-10-5-3-2-4-6-10/h2-6,8H,7H2,1H3. The highest BCUT2D eigenvalue weighted by atomic mass is 16.1. The molecule has 0 unspecified atom stereocenters. The largest absolute Gasteiger partial charge is 0.291 e. The summed E-state index contributed by atoms with van der Waals surface area (Å²) >= 11 is 0. The summed E-state index contributed by atoms with van der Waals surface area (Å²) in [4.78, 5) is 14.9. The first-order chi connectivity index (χ1) is 7.25. The van der Waals surface area contributed by atoms with Crippen LogP contribution >= 0.6 is 0 Å². The van der Waals surface area contributed by atoms with E-state index in [1.54, 1.807) is 11.0 Å². The third-order valence-corrected chi connectivity index (χ3v) is 2.04. The molecule has 1 heterocycles. The minimum Gasteiger partial charge on any atom is -0.291 e. The third-order valence-electron chi connectivity index (χ3n) is 2.04. The van der Waals surface area contributed by atoms with Crippen LogP contribution in [0.2, 0.25) is 0 Å². The van der Waals surface area contributed by atoms with Crippen molar-refractivity contribution in [3.8, 4) is 0 Å². The highest BCUT2D eigenvalue weighted by Gasteiger charge is 2.05. The SMILES string of the molecule is CC(=O)c1ncn(Cc2ccccc2)n1. The van der Waals surface area contributed by atoms with Crippen molar-refractivity contribution < 1.29 is 4.79 Å². The topological polar surface area (TPSA) is 47.8 Å². The van der Waals surface area contributed by atoms with Crippen molar-refractivity contribution in [3.63, 3.8) is 0 Å². The second-order valence-electron chi connectivity index (χ2n) is 3.31. The molecule has 0 radical (unpaired) electrons. The first-order valence-electron chi connectivity index (χ1n) is 4.70. The molecule has 0 aliphatic carbocycles. The number of ketones is 1. The van der Waals surface area contributed by atoms with E-state index < -0.39 is 0 Å². The number of carbonyl (C=O) groups excluding carboxylic acids is 1. The van der Waals surface area contributed by atoms with Crippen LogP contribution < -0.4 is 0 Å². The van der Waals surface area contributed by atoms with E-state index in [0.717, 1.165) is 5.56 Å². The van der Waals surface area contributed by atoms with Crippen LogP contribution in [0.5, 0.6) is 0 Å². The van der Waals surface area contributed by atoms with Gasteiger partial charge in [-0.05, 0) is 5.56 Å². The van der Waals surface area contributed by atoms with Gasteiger partial charge in [0.2, 0.25) is 5.82 Å². The number of nitrogens with zero attached hydrogens (tertiary/aromatic N) is 3. The number of Topliss-reactive ketones (excluding diaryl/α,β-unsaturated/α-hetero) is 1. The van der Waals surface area contributed by atoms with Crippen LogP contribution in [0.1, 0.15) is 23.1 Å². The van der Waals surface area contributed by atoms with Gasteiger partial charge in [-0.3, -0.25) is 4.79 Å². The van der Waals surface area contributed by atoms with Crippen molar-refractivity contribution in [1.29, 1.82) is 0 Å². The summed E-state index contributed by atoms with van der Waals surface area (Å²) in [5, 5.41) is 4.06. The summed E-state index contributed by atoms with van der Waals surface area (Å²) in [5.41, 5.74) is 1.14. The normalized spacial score (nSPS) is 10.2. The molecule has 0 saturated carbocycles. The number of carbonyl (C=O) groups is 1. The fraction of sp³-hybridized carbons (Fsp3) is 0.182. The maximum absolute atomic E-state index is 11.0. The summed E-state index contributed by atoms with van der Waals surface area (Å²) in [6, 6.07) is 9.92. The van der Waals surface area contributed by atoms with E-state index in [9.17, 15) is 4.79 Å². The quantitative estimate of drug-likeness (QED) is 0.707. The number of aromatic nitrogens is 3. The van der Waals surface area contributed by atoms with Crippen LogP contribution in [0.25, 0.3) is 0 Å². The Hall–Kier alpha value is -1.97. The van der Waals surface area contributed by atoms with E-state index in [-0.39, 0.29) is 11.6 Å². The van der Waals surface area contributed by atoms with Gasteiger partial charge in [-0.25, -0.2) is 9.67 Å². The Morgan fingerprint density at radius 1 is 1.33 bits per heavy atom. The first kappa shape index (κ1) is 9.58. The fourth-order valence-corrected chi connectivity index (χ4v) is 1.30. The smallest absolute Gasteiger partial charge is 0.216 e.